The zero-order valence-electron chi connectivity index (χ0n) is 13.6. The van der Waals surface area contributed by atoms with Gasteiger partial charge in [0.15, 0.2) is 0 Å². The van der Waals surface area contributed by atoms with E-state index in [-0.39, 0.29) is 0 Å². The van der Waals surface area contributed by atoms with Crippen LogP contribution in [0.5, 0.6) is 0 Å². The van der Waals surface area contributed by atoms with Gasteiger partial charge in [0.2, 0.25) is 0 Å². The standard InChI is InChI=1S/C17H31NO2/c1-5-17(15(19)20)8-6-10-18(12-17)14-7-9-16(3,4)11-13(14)2/h13-14H,5-12H2,1-4H3,(H,19,20). The first-order valence-electron chi connectivity index (χ1n) is 8.27. The van der Waals surface area contributed by atoms with E-state index in [1.807, 2.05) is 6.92 Å². The number of carboxylic acid groups (broad SMARTS) is 1. The summed E-state index contributed by atoms with van der Waals surface area (Å²) in [5.74, 6) is 0.0914. The van der Waals surface area contributed by atoms with Crippen molar-refractivity contribution in [1.82, 2.24) is 4.90 Å². The summed E-state index contributed by atoms with van der Waals surface area (Å²) in [4.78, 5) is 14.2. The maximum absolute atomic E-state index is 11.7. The molecular formula is C17H31NO2. The van der Waals surface area contributed by atoms with E-state index in [9.17, 15) is 9.90 Å². The second-order valence-electron chi connectivity index (χ2n) is 7.96. The molecular weight excluding hydrogens is 250 g/mol. The summed E-state index contributed by atoms with van der Waals surface area (Å²) in [7, 11) is 0. The number of carboxylic acids is 1. The molecule has 0 amide bonds. The zero-order chi connectivity index (χ0) is 15.0. The second-order valence-corrected chi connectivity index (χ2v) is 7.96. The molecule has 0 radical (unpaired) electrons. The van der Waals surface area contributed by atoms with E-state index in [0.29, 0.717) is 17.4 Å². The first kappa shape index (κ1) is 15.8. The summed E-state index contributed by atoms with van der Waals surface area (Å²) in [6.45, 7) is 11.0. The number of piperidine rings is 1. The Morgan fingerprint density at radius 3 is 2.60 bits per heavy atom. The van der Waals surface area contributed by atoms with Crippen molar-refractivity contribution in [2.24, 2.45) is 16.7 Å². The van der Waals surface area contributed by atoms with Gasteiger partial charge in [0.05, 0.1) is 5.41 Å². The van der Waals surface area contributed by atoms with Crippen LogP contribution < -0.4 is 0 Å². The predicted octanol–water partition coefficient (Wildman–Crippen LogP) is 3.78. The normalized spacial score (nSPS) is 38.6. The molecule has 116 valence electrons. The van der Waals surface area contributed by atoms with Crippen molar-refractivity contribution in [3.8, 4) is 0 Å². The third-order valence-electron chi connectivity index (χ3n) is 5.85. The molecule has 3 heteroatoms. The molecule has 2 fully saturated rings. The lowest BCUT2D eigenvalue weighted by Crippen LogP contribution is -2.54. The van der Waals surface area contributed by atoms with Gasteiger partial charge in [0.1, 0.15) is 0 Å². The fourth-order valence-corrected chi connectivity index (χ4v) is 4.54. The second kappa shape index (κ2) is 5.67. The van der Waals surface area contributed by atoms with Gasteiger partial charge in [-0.1, -0.05) is 27.7 Å². The van der Waals surface area contributed by atoms with Crippen molar-refractivity contribution in [1.29, 1.82) is 0 Å². The predicted molar refractivity (Wildman–Crippen MR) is 81.8 cm³/mol. The number of hydrogen-bond acceptors (Lipinski definition) is 2. The van der Waals surface area contributed by atoms with Crippen LogP contribution in [-0.4, -0.2) is 35.1 Å². The van der Waals surface area contributed by atoms with E-state index in [1.165, 1.54) is 19.3 Å². The highest BCUT2D eigenvalue weighted by molar-refractivity contribution is 5.75. The minimum absolute atomic E-state index is 0.459. The highest BCUT2D eigenvalue weighted by Gasteiger charge is 2.44. The number of aliphatic carboxylic acids is 1. The van der Waals surface area contributed by atoms with Crippen LogP contribution in [0, 0.1) is 16.7 Å². The molecule has 1 saturated carbocycles. The van der Waals surface area contributed by atoms with Gasteiger partial charge in [-0.2, -0.15) is 0 Å². The molecule has 1 heterocycles. The van der Waals surface area contributed by atoms with E-state index in [4.69, 9.17) is 0 Å². The molecule has 0 aromatic carbocycles. The number of rotatable bonds is 3. The van der Waals surface area contributed by atoms with Gasteiger partial charge in [-0.25, -0.2) is 0 Å². The largest absolute Gasteiger partial charge is 0.481 e. The van der Waals surface area contributed by atoms with Gasteiger partial charge < -0.3 is 5.11 Å². The lowest BCUT2D eigenvalue weighted by Gasteiger charge is -2.49. The Morgan fingerprint density at radius 1 is 1.35 bits per heavy atom. The molecule has 3 nitrogen and oxygen atoms in total. The summed E-state index contributed by atoms with van der Waals surface area (Å²) in [6.07, 6.45) is 6.40. The Labute approximate surface area is 123 Å². The summed E-state index contributed by atoms with van der Waals surface area (Å²) < 4.78 is 0. The molecule has 2 rings (SSSR count). The highest BCUT2D eigenvalue weighted by Crippen LogP contribution is 2.43. The maximum Gasteiger partial charge on any atom is 0.310 e. The molecule has 1 aliphatic heterocycles. The minimum Gasteiger partial charge on any atom is -0.481 e. The van der Waals surface area contributed by atoms with Crippen molar-refractivity contribution in [2.45, 2.75) is 72.3 Å². The van der Waals surface area contributed by atoms with Crippen molar-refractivity contribution in [3.63, 3.8) is 0 Å². The van der Waals surface area contributed by atoms with Crippen molar-refractivity contribution in [3.05, 3.63) is 0 Å². The van der Waals surface area contributed by atoms with Gasteiger partial charge in [0, 0.05) is 12.6 Å². The first-order valence-corrected chi connectivity index (χ1v) is 8.27. The third kappa shape index (κ3) is 3.03. The van der Waals surface area contributed by atoms with Gasteiger partial charge in [-0.3, -0.25) is 9.69 Å². The average molecular weight is 281 g/mol. The van der Waals surface area contributed by atoms with Crippen LogP contribution in [0.25, 0.3) is 0 Å². The van der Waals surface area contributed by atoms with Crippen LogP contribution in [0.2, 0.25) is 0 Å². The molecule has 20 heavy (non-hydrogen) atoms. The van der Waals surface area contributed by atoms with Crippen LogP contribution in [0.4, 0.5) is 0 Å². The molecule has 0 aromatic rings. The fourth-order valence-electron chi connectivity index (χ4n) is 4.54. The van der Waals surface area contributed by atoms with E-state index in [2.05, 4.69) is 25.7 Å². The fraction of sp³-hybridized carbons (Fsp3) is 0.941. The average Bonchev–Trinajstić information content (AvgIpc) is 2.37. The molecule has 2 aliphatic rings. The smallest absolute Gasteiger partial charge is 0.310 e. The van der Waals surface area contributed by atoms with Crippen LogP contribution in [0.15, 0.2) is 0 Å². The van der Waals surface area contributed by atoms with E-state index < -0.39 is 11.4 Å². The van der Waals surface area contributed by atoms with Crippen LogP contribution >= 0.6 is 0 Å². The minimum atomic E-state index is -0.589. The Hall–Kier alpha value is -0.570. The molecule has 0 aromatic heterocycles. The Kier molecular flexibility index (Phi) is 4.48. The van der Waals surface area contributed by atoms with E-state index in [1.54, 1.807) is 0 Å². The number of nitrogens with zero attached hydrogens (tertiary/aromatic N) is 1. The Morgan fingerprint density at radius 2 is 2.05 bits per heavy atom. The number of likely N-dealkylation sites (tertiary alicyclic amines) is 1. The molecule has 3 unspecified atom stereocenters. The monoisotopic (exact) mass is 281 g/mol. The summed E-state index contributed by atoms with van der Waals surface area (Å²) in [6, 6.07) is 0.591. The van der Waals surface area contributed by atoms with E-state index in [0.717, 1.165) is 32.4 Å². The molecule has 1 N–H and O–H groups in total. The highest BCUT2D eigenvalue weighted by atomic mass is 16.4. The molecule has 0 bridgehead atoms. The van der Waals surface area contributed by atoms with Crippen molar-refractivity contribution in [2.75, 3.05) is 13.1 Å². The lowest BCUT2D eigenvalue weighted by molar-refractivity contribution is -0.154. The van der Waals surface area contributed by atoms with Crippen LogP contribution in [0.3, 0.4) is 0 Å². The van der Waals surface area contributed by atoms with Gasteiger partial charge in [-0.15, -0.1) is 0 Å². The SMILES string of the molecule is CCC1(C(=O)O)CCCN(C2CCC(C)(C)CC2C)C1. The van der Waals surface area contributed by atoms with Crippen LogP contribution in [0.1, 0.15) is 66.2 Å². The van der Waals surface area contributed by atoms with Gasteiger partial charge in [-0.05, 0) is 56.4 Å². The Balaban J connectivity index is 2.08. The molecule has 1 aliphatic carbocycles. The van der Waals surface area contributed by atoms with E-state index >= 15 is 0 Å². The van der Waals surface area contributed by atoms with Gasteiger partial charge >= 0.3 is 5.97 Å². The number of hydrogen-bond donors (Lipinski definition) is 1. The number of carbonyl (C=O) groups is 1. The summed E-state index contributed by atoms with van der Waals surface area (Å²) in [5, 5.41) is 9.63. The van der Waals surface area contributed by atoms with Gasteiger partial charge in [0.25, 0.3) is 0 Å². The zero-order valence-corrected chi connectivity index (χ0v) is 13.6. The molecule has 1 saturated heterocycles. The summed E-state index contributed by atoms with van der Waals surface area (Å²) >= 11 is 0. The lowest BCUT2D eigenvalue weighted by atomic mass is 9.69. The van der Waals surface area contributed by atoms with Crippen LogP contribution in [-0.2, 0) is 4.79 Å². The van der Waals surface area contributed by atoms with Crippen molar-refractivity contribution < 1.29 is 9.90 Å². The molecule has 0 spiro atoms. The molecule has 3 atom stereocenters. The Bertz CT molecular complexity index is 366. The topological polar surface area (TPSA) is 40.5 Å². The summed E-state index contributed by atoms with van der Waals surface area (Å²) in [5.41, 5.74) is -0.0364. The first-order chi connectivity index (χ1) is 9.30. The quantitative estimate of drug-likeness (QED) is 0.856. The maximum atomic E-state index is 11.7. The van der Waals surface area contributed by atoms with Crippen molar-refractivity contribution >= 4 is 5.97 Å². The third-order valence-corrected chi connectivity index (χ3v) is 5.85.